The van der Waals surface area contributed by atoms with Crippen molar-refractivity contribution in [2.24, 2.45) is 0 Å². The summed E-state index contributed by atoms with van der Waals surface area (Å²) in [5, 5.41) is 3.10. The minimum atomic E-state index is -3.63. The minimum absolute atomic E-state index is 0.0607. The number of sulfonamides is 1. The van der Waals surface area contributed by atoms with Crippen LogP contribution in [0, 0.1) is 0 Å². The normalized spacial score (nSPS) is 11.5. The van der Waals surface area contributed by atoms with Gasteiger partial charge < -0.3 is 10.1 Å². The number of rotatable bonds is 7. The molecule has 2 aromatic carbocycles. The Morgan fingerprint density at radius 3 is 2.32 bits per heavy atom. The van der Waals surface area contributed by atoms with Crippen LogP contribution in [-0.4, -0.2) is 29.3 Å². The van der Waals surface area contributed by atoms with Crippen molar-refractivity contribution in [3.8, 4) is 11.1 Å². The van der Waals surface area contributed by atoms with Crippen molar-refractivity contribution in [3.63, 3.8) is 0 Å². The highest BCUT2D eigenvalue weighted by Gasteiger charge is 2.19. The monoisotopic (exact) mass is 320 g/mol. The molecule has 118 valence electrons. The fourth-order valence-corrected chi connectivity index (χ4v) is 3.42. The third-order valence-corrected chi connectivity index (χ3v) is 4.68. The molecule has 0 saturated carbocycles. The SMILES string of the molecule is CNCc1ccccc1-c1ccccc1S(=O)(=O)NCOC. The summed E-state index contributed by atoms with van der Waals surface area (Å²) in [6.07, 6.45) is 0. The van der Waals surface area contributed by atoms with Crippen molar-refractivity contribution in [1.29, 1.82) is 0 Å². The summed E-state index contributed by atoms with van der Waals surface area (Å²) in [6.45, 7) is 0.602. The van der Waals surface area contributed by atoms with Gasteiger partial charge in [0, 0.05) is 19.2 Å². The summed E-state index contributed by atoms with van der Waals surface area (Å²) in [5.74, 6) is 0. The summed E-state index contributed by atoms with van der Waals surface area (Å²) < 4.78 is 32.1. The van der Waals surface area contributed by atoms with Crippen LogP contribution in [0.4, 0.5) is 0 Å². The molecule has 0 aromatic heterocycles. The first kappa shape index (κ1) is 16.6. The van der Waals surface area contributed by atoms with E-state index < -0.39 is 10.0 Å². The second-order valence-electron chi connectivity index (χ2n) is 4.76. The predicted molar refractivity (Wildman–Crippen MR) is 86.8 cm³/mol. The predicted octanol–water partition coefficient (Wildman–Crippen LogP) is 1.96. The number of nitrogens with one attached hydrogen (secondary N) is 2. The van der Waals surface area contributed by atoms with E-state index >= 15 is 0 Å². The van der Waals surface area contributed by atoms with Crippen LogP contribution in [0.25, 0.3) is 11.1 Å². The van der Waals surface area contributed by atoms with Crippen LogP contribution in [0.5, 0.6) is 0 Å². The van der Waals surface area contributed by atoms with Gasteiger partial charge in [-0.1, -0.05) is 42.5 Å². The van der Waals surface area contributed by atoms with E-state index in [1.807, 2.05) is 43.4 Å². The smallest absolute Gasteiger partial charge is 0.243 e. The molecule has 0 aliphatic carbocycles. The van der Waals surface area contributed by atoms with Gasteiger partial charge in [-0.15, -0.1) is 0 Å². The molecule has 0 fully saturated rings. The molecule has 2 rings (SSSR count). The lowest BCUT2D eigenvalue weighted by Crippen LogP contribution is -2.26. The van der Waals surface area contributed by atoms with Crippen LogP contribution in [0.1, 0.15) is 5.56 Å². The molecule has 0 amide bonds. The lowest BCUT2D eigenvalue weighted by atomic mass is 10.00. The van der Waals surface area contributed by atoms with Crippen molar-refractivity contribution in [2.45, 2.75) is 11.4 Å². The second-order valence-corrected chi connectivity index (χ2v) is 6.50. The maximum Gasteiger partial charge on any atom is 0.243 e. The number of hydrogen-bond acceptors (Lipinski definition) is 4. The lowest BCUT2D eigenvalue weighted by Gasteiger charge is -2.14. The molecular weight excluding hydrogens is 300 g/mol. The van der Waals surface area contributed by atoms with Crippen molar-refractivity contribution >= 4 is 10.0 Å². The molecule has 22 heavy (non-hydrogen) atoms. The number of benzene rings is 2. The first-order valence-corrected chi connectivity index (χ1v) is 8.39. The second kappa shape index (κ2) is 7.51. The molecule has 0 saturated heterocycles. The van der Waals surface area contributed by atoms with Gasteiger partial charge in [0.15, 0.2) is 0 Å². The largest absolute Gasteiger partial charge is 0.369 e. The third kappa shape index (κ3) is 3.72. The van der Waals surface area contributed by atoms with E-state index in [0.29, 0.717) is 12.1 Å². The van der Waals surface area contributed by atoms with Gasteiger partial charge in [0.1, 0.15) is 6.73 Å². The van der Waals surface area contributed by atoms with Crippen molar-refractivity contribution in [2.75, 3.05) is 20.9 Å². The third-order valence-electron chi connectivity index (χ3n) is 3.24. The molecule has 0 bridgehead atoms. The van der Waals surface area contributed by atoms with Gasteiger partial charge in [-0.3, -0.25) is 0 Å². The number of hydrogen-bond donors (Lipinski definition) is 2. The first-order valence-electron chi connectivity index (χ1n) is 6.90. The van der Waals surface area contributed by atoms with Crippen LogP contribution < -0.4 is 10.0 Å². The zero-order chi connectivity index (χ0) is 16.0. The van der Waals surface area contributed by atoms with Crippen LogP contribution in [0.3, 0.4) is 0 Å². The van der Waals surface area contributed by atoms with Gasteiger partial charge in [0.05, 0.1) is 4.90 Å². The van der Waals surface area contributed by atoms with E-state index in [1.54, 1.807) is 12.1 Å². The van der Waals surface area contributed by atoms with Gasteiger partial charge >= 0.3 is 0 Å². The fourth-order valence-electron chi connectivity index (χ4n) is 2.27. The molecule has 2 aromatic rings. The van der Waals surface area contributed by atoms with E-state index in [-0.39, 0.29) is 11.6 Å². The molecule has 0 spiro atoms. The van der Waals surface area contributed by atoms with E-state index in [9.17, 15) is 8.42 Å². The van der Waals surface area contributed by atoms with E-state index in [0.717, 1.165) is 11.1 Å². The lowest BCUT2D eigenvalue weighted by molar-refractivity contribution is 0.194. The van der Waals surface area contributed by atoms with Crippen LogP contribution in [0.15, 0.2) is 53.4 Å². The Balaban J connectivity index is 2.54. The average Bonchev–Trinajstić information content (AvgIpc) is 2.54. The van der Waals surface area contributed by atoms with Gasteiger partial charge in [-0.05, 0) is 24.2 Å². The highest BCUT2D eigenvalue weighted by Crippen LogP contribution is 2.29. The zero-order valence-electron chi connectivity index (χ0n) is 12.7. The summed E-state index contributed by atoms with van der Waals surface area (Å²) in [6, 6.07) is 14.7. The van der Waals surface area contributed by atoms with Gasteiger partial charge in [-0.25, -0.2) is 8.42 Å². The van der Waals surface area contributed by atoms with Gasteiger partial charge in [0.2, 0.25) is 10.0 Å². The molecule has 0 aliphatic heterocycles. The maximum atomic E-state index is 12.4. The summed E-state index contributed by atoms with van der Waals surface area (Å²) in [5.41, 5.74) is 2.62. The van der Waals surface area contributed by atoms with Crippen LogP contribution in [-0.2, 0) is 21.3 Å². The topological polar surface area (TPSA) is 67.4 Å². The van der Waals surface area contributed by atoms with Gasteiger partial charge in [-0.2, -0.15) is 4.72 Å². The highest BCUT2D eigenvalue weighted by molar-refractivity contribution is 7.89. The van der Waals surface area contributed by atoms with Gasteiger partial charge in [0.25, 0.3) is 0 Å². The Kier molecular flexibility index (Phi) is 5.68. The van der Waals surface area contributed by atoms with E-state index in [2.05, 4.69) is 10.0 Å². The number of methoxy groups -OCH3 is 1. The maximum absolute atomic E-state index is 12.4. The molecule has 5 nitrogen and oxygen atoms in total. The van der Waals surface area contributed by atoms with Crippen molar-refractivity contribution in [3.05, 3.63) is 54.1 Å². The molecule has 0 radical (unpaired) electrons. The van der Waals surface area contributed by atoms with E-state index in [4.69, 9.17) is 4.74 Å². The molecule has 0 unspecified atom stereocenters. The fraction of sp³-hybridized carbons (Fsp3) is 0.250. The Bertz CT molecular complexity index is 730. The van der Waals surface area contributed by atoms with E-state index in [1.165, 1.54) is 7.11 Å². The molecule has 0 atom stereocenters. The first-order chi connectivity index (χ1) is 10.6. The highest BCUT2D eigenvalue weighted by atomic mass is 32.2. The Labute approximate surface area is 131 Å². The Morgan fingerprint density at radius 1 is 1.00 bits per heavy atom. The molecule has 0 heterocycles. The molecular formula is C16H20N2O3S. The molecule has 0 aliphatic rings. The van der Waals surface area contributed by atoms with Crippen molar-refractivity contribution in [1.82, 2.24) is 10.0 Å². The zero-order valence-corrected chi connectivity index (χ0v) is 13.5. The quantitative estimate of drug-likeness (QED) is 0.765. The summed E-state index contributed by atoms with van der Waals surface area (Å²) in [7, 11) is -0.327. The Hall–Kier alpha value is -1.73. The Morgan fingerprint density at radius 2 is 1.64 bits per heavy atom. The average molecular weight is 320 g/mol. The van der Waals surface area contributed by atoms with Crippen molar-refractivity contribution < 1.29 is 13.2 Å². The van der Waals surface area contributed by atoms with Crippen LogP contribution in [0.2, 0.25) is 0 Å². The summed E-state index contributed by atoms with van der Waals surface area (Å²) in [4.78, 5) is 0.246. The number of ether oxygens (including phenoxy) is 1. The molecule has 2 N–H and O–H groups in total. The minimum Gasteiger partial charge on any atom is -0.369 e. The molecule has 6 heteroatoms. The standard InChI is InChI=1S/C16H20N2O3S/c1-17-11-13-7-3-4-8-14(13)15-9-5-6-10-16(15)22(19,20)18-12-21-2/h3-10,17-18H,11-12H2,1-2H3. The van der Waals surface area contributed by atoms with Crippen LogP contribution >= 0.6 is 0 Å². The summed E-state index contributed by atoms with van der Waals surface area (Å²) >= 11 is 0.